The van der Waals surface area contributed by atoms with Crippen LogP contribution in [0.4, 0.5) is 0 Å². The van der Waals surface area contributed by atoms with Crippen molar-refractivity contribution in [1.29, 1.82) is 0 Å². The Balaban J connectivity index is 0. The van der Waals surface area contributed by atoms with Crippen LogP contribution in [-0.2, 0) is 0 Å². The van der Waals surface area contributed by atoms with Gasteiger partial charge in [0.25, 0.3) is 0 Å². The van der Waals surface area contributed by atoms with Crippen molar-refractivity contribution in [3.05, 3.63) is 35.9 Å². The van der Waals surface area contributed by atoms with E-state index >= 15 is 0 Å². The summed E-state index contributed by atoms with van der Waals surface area (Å²) in [5.74, 6) is 0. The van der Waals surface area contributed by atoms with Crippen molar-refractivity contribution in [3.8, 4) is 0 Å². The van der Waals surface area contributed by atoms with Gasteiger partial charge in [0.15, 0.2) is 0 Å². The van der Waals surface area contributed by atoms with E-state index < -0.39 is 0 Å². The fourth-order valence-electron chi connectivity index (χ4n) is 6.12. The van der Waals surface area contributed by atoms with Gasteiger partial charge in [-0.1, -0.05) is 153 Å². The number of nitrogens with zero attached hydrogens (tertiary/aromatic N) is 2. The van der Waals surface area contributed by atoms with Gasteiger partial charge in [0.1, 0.15) is 6.04 Å². The number of unbranched alkanes of at least 4 members (excludes halogenated alkanes) is 18. The molecule has 0 aliphatic carbocycles. The highest BCUT2D eigenvalue weighted by Gasteiger charge is 2.29. The molecule has 4 heteroatoms. The molecule has 0 aliphatic rings. The summed E-state index contributed by atoms with van der Waals surface area (Å²) in [4.78, 5) is 0. The summed E-state index contributed by atoms with van der Waals surface area (Å²) in [7, 11) is 11.9. The lowest BCUT2D eigenvalue weighted by Crippen LogP contribution is -3.00. The number of hydrogen-bond acceptors (Lipinski definition) is 0. The topological polar surface area (TPSA) is 0 Å². The van der Waals surface area contributed by atoms with Crippen LogP contribution < -0.4 is 24.8 Å². The molecule has 0 saturated heterocycles. The summed E-state index contributed by atoms with van der Waals surface area (Å²) in [6.45, 7) is 4.82. The maximum atomic E-state index is 2.46. The van der Waals surface area contributed by atoms with Crippen molar-refractivity contribution in [3.63, 3.8) is 0 Å². The third kappa shape index (κ3) is 23.3. The molecule has 0 spiro atoms. The molecule has 1 aromatic rings. The van der Waals surface area contributed by atoms with E-state index in [0.29, 0.717) is 6.04 Å². The van der Waals surface area contributed by atoms with Crippen LogP contribution >= 0.6 is 0 Å². The molecule has 0 saturated carbocycles. The zero-order valence-electron chi connectivity index (χ0n) is 27.9. The summed E-state index contributed by atoms with van der Waals surface area (Å²) in [6, 6.07) is 12.0. The molecule has 0 radical (unpaired) electrons. The molecule has 1 rings (SSSR count). The number of halogens is 2. The molecular formula is C36H70Cl2N2. The van der Waals surface area contributed by atoms with Crippen molar-refractivity contribution < 1.29 is 33.8 Å². The van der Waals surface area contributed by atoms with Crippen LogP contribution in [0.1, 0.15) is 153 Å². The molecule has 0 bridgehead atoms. The normalized spacial score (nSPS) is 12.6. The summed E-state index contributed by atoms with van der Waals surface area (Å²) < 4.78 is 2.18. The lowest BCUT2D eigenvalue weighted by molar-refractivity contribution is -0.927. The zero-order chi connectivity index (χ0) is 28.0. The maximum Gasteiger partial charge on any atom is 0.114 e. The molecule has 0 fully saturated rings. The number of rotatable bonds is 26. The predicted molar refractivity (Wildman–Crippen MR) is 172 cm³/mol. The molecule has 40 heavy (non-hydrogen) atoms. The number of benzene rings is 1. The Morgan fingerprint density at radius 2 is 0.850 bits per heavy atom. The first-order valence-electron chi connectivity index (χ1n) is 16.9. The van der Waals surface area contributed by atoms with Crippen LogP contribution in [0.25, 0.3) is 0 Å². The quantitative estimate of drug-likeness (QED) is 0.106. The van der Waals surface area contributed by atoms with Crippen molar-refractivity contribution in [2.45, 2.75) is 148 Å². The largest absolute Gasteiger partial charge is 1.00 e. The Morgan fingerprint density at radius 3 is 1.23 bits per heavy atom. The van der Waals surface area contributed by atoms with Crippen LogP contribution in [0.3, 0.4) is 0 Å². The molecule has 0 aromatic heterocycles. The molecule has 0 amide bonds. The van der Waals surface area contributed by atoms with Gasteiger partial charge in [0, 0.05) is 18.4 Å². The molecular weight excluding hydrogens is 531 g/mol. The molecule has 238 valence electrons. The van der Waals surface area contributed by atoms with E-state index in [4.69, 9.17) is 0 Å². The first-order chi connectivity index (χ1) is 18.3. The van der Waals surface area contributed by atoms with Gasteiger partial charge in [-0.05, 0) is 6.42 Å². The van der Waals surface area contributed by atoms with E-state index in [2.05, 4.69) is 72.5 Å². The second kappa shape index (κ2) is 26.4. The summed E-state index contributed by atoms with van der Waals surface area (Å²) in [5.41, 5.74) is 1.53. The molecule has 1 atom stereocenters. The molecule has 1 unspecified atom stereocenters. The lowest BCUT2D eigenvalue weighted by atomic mass is 9.96. The van der Waals surface area contributed by atoms with Gasteiger partial charge in [-0.3, -0.25) is 0 Å². The fraction of sp³-hybridized carbons (Fsp3) is 0.833. The number of quaternary nitrogens is 2. The standard InChI is InChI=1S/C36H70N2.2ClH/c1-7-8-9-10-11-12-13-14-15-16-17-18-19-20-21-22-23-24-28-32-36(35-30-26-25-27-31-35)38(5,6)34-29-33-37(2,3)4;;/h25-27,30-31,36H,7-24,28-29,32-34H2,1-6H3;2*1H/q+2;;/p-2. The summed E-state index contributed by atoms with van der Waals surface area (Å²) in [6.07, 6.45) is 30.2. The van der Waals surface area contributed by atoms with Crippen molar-refractivity contribution in [2.24, 2.45) is 0 Å². The van der Waals surface area contributed by atoms with E-state index in [1.54, 1.807) is 0 Å². The Kier molecular flexibility index (Phi) is 27.6. The van der Waals surface area contributed by atoms with Crippen molar-refractivity contribution >= 4 is 0 Å². The van der Waals surface area contributed by atoms with Crippen molar-refractivity contribution in [1.82, 2.24) is 0 Å². The Bertz CT molecular complexity index is 642. The zero-order valence-corrected chi connectivity index (χ0v) is 29.4. The molecule has 2 nitrogen and oxygen atoms in total. The van der Waals surface area contributed by atoms with Gasteiger partial charge < -0.3 is 33.8 Å². The lowest BCUT2D eigenvalue weighted by Gasteiger charge is -2.39. The highest BCUT2D eigenvalue weighted by molar-refractivity contribution is 5.17. The minimum Gasteiger partial charge on any atom is -1.00 e. The van der Waals surface area contributed by atoms with Crippen molar-refractivity contribution in [2.75, 3.05) is 48.3 Å². The molecule has 0 N–H and O–H groups in total. The monoisotopic (exact) mass is 600 g/mol. The van der Waals surface area contributed by atoms with E-state index in [1.807, 2.05) is 0 Å². The highest BCUT2D eigenvalue weighted by atomic mass is 35.5. The van der Waals surface area contributed by atoms with E-state index in [9.17, 15) is 0 Å². The van der Waals surface area contributed by atoms with Gasteiger partial charge in [-0.15, -0.1) is 0 Å². The van der Waals surface area contributed by atoms with E-state index in [1.165, 1.54) is 153 Å². The van der Waals surface area contributed by atoms with Gasteiger partial charge >= 0.3 is 0 Å². The third-order valence-corrected chi connectivity index (χ3v) is 8.67. The second-order valence-electron chi connectivity index (χ2n) is 13.9. The van der Waals surface area contributed by atoms with Crippen LogP contribution in [-0.4, -0.2) is 57.3 Å². The van der Waals surface area contributed by atoms with Crippen LogP contribution in [0.2, 0.25) is 0 Å². The minimum atomic E-state index is 0. The molecule has 1 aromatic carbocycles. The van der Waals surface area contributed by atoms with Gasteiger partial charge in [-0.25, -0.2) is 0 Å². The van der Waals surface area contributed by atoms with Crippen LogP contribution in [0.15, 0.2) is 30.3 Å². The maximum absolute atomic E-state index is 2.46. The first kappa shape index (κ1) is 41.9. The average molecular weight is 602 g/mol. The highest BCUT2D eigenvalue weighted by Crippen LogP contribution is 2.31. The Hall–Kier alpha value is -0.280. The Labute approximate surface area is 265 Å². The van der Waals surface area contributed by atoms with Gasteiger partial charge in [-0.2, -0.15) is 0 Å². The molecule has 0 aliphatic heterocycles. The summed E-state index contributed by atoms with van der Waals surface area (Å²) >= 11 is 0. The third-order valence-electron chi connectivity index (χ3n) is 8.67. The van der Waals surface area contributed by atoms with Crippen LogP contribution in [0.5, 0.6) is 0 Å². The average Bonchev–Trinajstić information content (AvgIpc) is 2.87. The molecule has 0 heterocycles. The van der Waals surface area contributed by atoms with E-state index in [0.717, 1.165) is 8.97 Å². The van der Waals surface area contributed by atoms with Gasteiger partial charge in [0.05, 0.1) is 48.3 Å². The fourth-order valence-corrected chi connectivity index (χ4v) is 6.12. The Morgan fingerprint density at radius 1 is 0.475 bits per heavy atom. The minimum absolute atomic E-state index is 0. The predicted octanol–water partition coefficient (Wildman–Crippen LogP) is 4.73. The van der Waals surface area contributed by atoms with E-state index in [-0.39, 0.29) is 24.8 Å². The van der Waals surface area contributed by atoms with Gasteiger partial charge in [0.2, 0.25) is 0 Å². The summed E-state index contributed by atoms with van der Waals surface area (Å²) in [5, 5.41) is 0. The SMILES string of the molecule is CCCCCCCCCCCCCCCCCCCCCC(c1ccccc1)[N+](C)(C)CCC[N+](C)(C)C.[Cl-].[Cl-]. The number of hydrogen-bond donors (Lipinski definition) is 0. The first-order valence-corrected chi connectivity index (χ1v) is 16.9. The smallest absolute Gasteiger partial charge is 0.114 e. The second-order valence-corrected chi connectivity index (χ2v) is 13.9. The van der Waals surface area contributed by atoms with Crippen LogP contribution in [0, 0.1) is 0 Å².